The van der Waals surface area contributed by atoms with E-state index < -0.39 is 21.5 Å². The van der Waals surface area contributed by atoms with Gasteiger partial charge in [-0.3, -0.25) is 14.5 Å². The Labute approximate surface area is 264 Å². The lowest BCUT2D eigenvalue weighted by Crippen LogP contribution is -2.53. The second kappa shape index (κ2) is 10.6. The second-order valence-electron chi connectivity index (χ2n) is 13.7. The van der Waals surface area contributed by atoms with Crippen LogP contribution in [-0.2, 0) is 21.5 Å². The minimum atomic E-state index is -4.03. The Kier molecular flexibility index (Phi) is 6.82. The Morgan fingerprint density at radius 2 is 1.69 bits per heavy atom. The lowest BCUT2D eigenvalue weighted by Gasteiger charge is -2.37. The van der Waals surface area contributed by atoms with E-state index in [2.05, 4.69) is 26.3 Å². The summed E-state index contributed by atoms with van der Waals surface area (Å²) < 4.78 is 37.9. The molecule has 2 aliphatic carbocycles. The number of carbonyl (C=O) groups is 2. The van der Waals surface area contributed by atoms with Crippen LogP contribution < -0.4 is 9.46 Å². The third kappa shape index (κ3) is 4.60. The fourth-order valence-corrected chi connectivity index (χ4v) is 9.40. The molecule has 1 saturated heterocycles. The number of fused-ring (bicyclic) bond motifs is 10. The van der Waals surface area contributed by atoms with Crippen LogP contribution in [0.25, 0.3) is 22.2 Å². The lowest BCUT2D eigenvalue weighted by molar-refractivity contribution is -0.139. The first-order chi connectivity index (χ1) is 21.7. The third-order valence-electron chi connectivity index (χ3n) is 11.2. The first kappa shape index (κ1) is 29.0. The number of rotatable bonds is 2. The Morgan fingerprint density at radius 3 is 2.44 bits per heavy atom. The van der Waals surface area contributed by atoms with Crippen molar-refractivity contribution in [3.05, 3.63) is 53.1 Å². The number of likely N-dealkylation sites (N-methyl/N-ethyl adjacent to an activating group) is 1. The van der Waals surface area contributed by atoms with Crippen LogP contribution in [0.4, 0.5) is 0 Å². The number of hydrogen-bond donors (Lipinski definition) is 1. The van der Waals surface area contributed by atoms with E-state index in [0.717, 1.165) is 47.2 Å². The van der Waals surface area contributed by atoms with Gasteiger partial charge < -0.3 is 14.2 Å². The molecule has 238 valence electrons. The van der Waals surface area contributed by atoms with Crippen molar-refractivity contribution < 1.29 is 22.7 Å². The standard InChI is InChI=1S/C34H41N5O5S/c1-36-12-13-37-14-16-38(17-15-37)33(41)34-20-28(34)27-19-24(44-2)9-11-25(27)31-30(22-6-4-3-5-7-22)26-10-8-23(18-29(26)39(31)21-34)32(40)35-45(36,42)43/h8-11,18-19,22,28H,3-7,12-17,20-21H2,1-2H3,(H,35,40)/t28-,34-/m1/s1. The van der Waals surface area contributed by atoms with E-state index >= 15 is 0 Å². The number of ether oxygens (including phenoxy) is 1. The average Bonchev–Trinajstić information content (AvgIpc) is 3.72. The normalized spacial score (nSPS) is 27.2. The van der Waals surface area contributed by atoms with Gasteiger partial charge >= 0.3 is 10.2 Å². The number of piperazine rings is 1. The summed E-state index contributed by atoms with van der Waals surface area (Å²) in [6.45, 7) is 3.89. The predicted molar refractivity (Wildman–Crippen MR) is 172 cm³/mol. The van der Waals surface area contributed by atoms with Crippen LogP contribution in [0.5, 0.6) is 5.75 Å². The van der Waals surface area contributed by atoms with Gasteiger partial charge in [0, 0.05) is 80.8 Å². The number of amides is 2. The number of nitrogens with zero attached hydrogens (tertiary/aromatic N) is 4. The fourth-order valence-electron chi connectivity index (χ4n) is 8.57. The molecule has 1 N–H and O–H groups in total. The first-order valence-corrected chi connectivity index (χ1v) is 17.8. The molecule has 2 amide bonds. The molecule has 45 heavy (non-hydrogen) atoms. The largest absolute Gasteiger partial charge is 0.497 e. The minimum absolute atomic E-state index is 0.0784. The quantitative estimate of drug-likeness (QED) is 0.460. The molecule has 2 atom stereocenters. The van der Waals surface area contributed by atoms with E-state index in [1.54, 1.807) is 13.2 Å². The number of aromatic nitrogens is 1. The highest BCUT2D eigenvalue weighted by Gasteiger charge is 2.64. The van der Waals surface area contributed by atoms with Crippen LogP contribution in [0.15, 0.2) is 36.4 Å². The molecular formula is C34H41N5O5S. The predicted octanol–water partition coefficient (Wildman–Crippen LogP) is 3.92. The van der Waals surface area contributed by atoms with Crippen molar-refractivity contribution in [2.45, 2.75) is 56.9 Å². The third-order valence-corrected chi connectivity index (χ3v) is 12.7. The summed E-state index contributed by atoms with van der Waals surface area (Å²) in [4.78, 5) is 32.4. The average molecular weight is 632 g/mol. The molecule has 3 aromatic rings. The molecule has 9 rings (SSSR count). The zero-order chi connectivity index (χ0) is 31.1. The molecule has 11 heteroatoms. The van der Waals surface area contributed by atoms with Crippen molar-refractivity contribution in [1.29, 1.82) is 0 Å². The molecule has 2 aromatic carbocycles. The number of methoxy groups -OCH3 is 1. The number of benzene rings is 2. The molecule has 1 spiro atoms. The molecule has 1 aromatic heterocycles. The van der Waals surface area contributed by atoms with E-state index in [1.165, 1.54) is 41.7 Å². The van der Waals surface area contributed by atoms with E-state index in [9.17, 15) is 18.0 Å². The maximum absolute atomic E-state index is 14.6. The van der Waals surface area contributed by atoms with Crippen molar-refractivity contribution in [2.75, 3.05) is 53.4 Å². The van der Waals surface area contributed by atoms with Gasteiger partial charge in [0.2, 0.25) is 5.91 Å². The van der Waals surface area contributed by atoms with E-state index in [-0.39, 0.29) is 18.4 Å². The monoisotopic (exact) mass is 631 g/mol. The van der Waals surface area contributed by atoms with Gasteiger partial charge in [-0.25, -0.2) is 4.72 Å². The molecule has 0 unspecified atom stereocenters. The Bertz CT molecular complexity index is 1820. The fraction of sp³-hybridized carbons (Fsp3) is 0.529. The van der Waals surface area contributed by atoms with Gasteiger partial charge in [0.25, 0.3) is 5.91 Å². The Morgan fingerprint density at radius 1 is 0.933 bits per heavy atom. The van der Waals surface area contributed by atoms with Crippen LogP contribution >= 0.6 is 0 Å². The molecule has 6 aliphatic rings. The van der Waals surface area contributed by atoms with Crippen LogP contribution in [0.1, 0.15) is 71.8 Å². The zero-order valence-corrected chi connectivity index (χ0v) is 26.9. The maximum atomic E-state index is 14.6. The number of hydrogen-bond acceptors (Lipinski definition) is 6. The number of nitrogens with one attached hydrogen (secondary N) is 1. The summed E-state index contributed by atoms with van der Waals surface area (Å²) >= 11 is 0. The molecular weight excluding hydrogens is 590 g/mol. The highest BCUT2D eigenvalue weighted by Crippen LogP contribution is 2.66. The molecule has 3 fully saturated rings. The summed E-state index contributed by atoms with van der Waals surface area (Å²) in [5.74, 6) is 0.790. The summed E-state index contributed by atoms with van der Waals surface area (Å²) in [5, 5.41) is 1.09. The molecule has 5 heterocycles. The maximum Gasteiger partial charge on any atom is 0.303 e. The molecule has 2 saturated carbocycles. The van der Waals surface area contributed by atoms with Crippen LogP contribution in [0.2, 0.25) is 0 Å². The Hall–Kier alpha value is -3.41. The smallest absolute Gasteiger partial charge is 0.303 e. The first-order valence-electron chi connectivity index (χ1n) is 16.3. The summed E-state index contributed by atoms with van der Waals surface area (Å²) in [5.41, 5.74) is 5.34. The Balaban J connectivity index is 1.37. The molecule has 6 bridgehead atoms. The molecule has 0 radical (unpaired) electrons. The van der Waals surface area contributed by atoms with Gasteiger partial charge in [0.1, 0.15) is 5.75 Å². The van der Waals surface area contributed by atoms with Crippen molar-refractivity contribution >= 4 is 32.9 Å². The molecule has 10 nitrogen and oxygen atoms in total. The van der Waals surface area contributed by atoms with E-state index in [4.69, 9.17) is 4.74 Å². The van der Waals surface area contributed by atoms with Crippen LogP contribution in [0, 0.1) is 5.41 Å². The van der Waals surface area contributed by atoms with Gasteiger partial charge in [-0.15, -0.1) is 0 Å². The highest BCUT2D eigenvalue weighted by molar-refractivity contribution is 7.87. The van der Waals surface area contributed by atoms with Crippen LogP contribution in [0.3, 0.4) is 0 Å². The van der Waals surface area contributed by atoms with Gasteiger partial charge in [-0.05, 0) is 66.6 Å². The van der Waals surface area contributed by atoms with Crippen molar-refractivity contribution in [3.8, 4) is 17.0 Å². The van der Waals surface area contributed by atoms with Gasteiger partial charge in [-0.1, -0.05) is 25.3 Å². The van der Waals surface area contributed by atoms with Crippen LogP contribution in [-0.4, -0.2) is 92.3 Å². The topological polar surface area (TPSA) is 104 Å². The van der Waals surface area contributed by atoms with E-state index in [1.807, 2.05) is 23.1 Å². The summed E-state index contributed by atoms with van der Waals surface area (Å²) in [7, 11) is -0.850. The second-order valence-corrected chi connectivity index (χ2v) is 15.5. The number of carbonyl (C=O) groups excluding carboxylic acids is 2. The SMILES string of the molecule is COc1ccc2c(c1)[C@H]1C[C@@]13Cn1c-2c(C2CCCCC2)c2ccc(cc21)C(=O)NS(=O)(=O)N(C)CCN1CCN(CC1)C3=O. The lowest BCUT2D eigenvalue weighted by atomic mass is 9.81. The zero-order valence-electron chi connectivity index (χ0n) is 26.0. The van der Waals surface area contributed by atoms with Gasteiger partial charge in [0.15, 0.2) is 0 Å². The van der Waals surface area contributed by atoms with Crippen molar-refractivity contribution in [3.63, 3.8) is 0 Å². The van der Waals surface area contributed by atoms with Crippen molar-refractivity contribution in [2.24, 2.45) is 5.41 Å². The van der Waals surface area contributed by atoms with Gasteiger partial charge in [0.05, 0.1) is 18.2 Å². The minimum Gasteiger partial charge on any atom is -0.497 e. The highest BCUT2D eigenvalue weighted by atomic mass is 32.2. The van der Waals surface area contributed by atoms with Crippen molar-refractivity contribution in [1.82, 2.24) is 23.4 Å². The summed E-state index contributed by atoms with van der Waals surface area (Å²) in [6, 6.07) is 11.9. The van der Waals surface area contributed by atoms with Gasteiger partial charge in [-0.2, -0.15) is 12.7 Å². The van der Waals surface area contributed by atoms with E-state index in [0.29, 0.717) is 50.7 Å². The molecule has 4 aliphatic heterocycles. The summed E-state index contributed by atoms with van der Waals surface area (Å²) in [6.07, 6.45) is 6.56.